The maximum absolute atomic E-state index is 13.6. The van der Waals surface area contributed by atoms with Crippen molar-refractivity contribution in [3.8, 4) is 0 Å². The summed E-state index contributed by atoms with van der Waals surface area (Å²) in [6, 6.07) is 14.9. The Morgan fingerprint density at radius 2 is 1.66 bits per heavy atom. The van der Waals surface area contributed by atoms with Gasteiger partial charge >= 0.3 is 0 Å². The van der Waals surface area contributed by atoms with Crippen molar-refractivity contribution in [2.45, 2.75) is 59.4 Å². The highest BCUT2D eigenvalue weighted by Crippen LogP contribution is 2.25. The lowest BCUT2D eigenvalue weighted by molar-refractivity contribution is 0.0670. The summed E-state index contributed by atoms with van der Waals surface area (Å²) in [5, 5.41) is 0.587. The highest BCUT2D eigenvalue weighted by Gasteiger charge is 2.27. The molecule has 0 radical (unpaired) electrons. The number of hydrogen-bond acceptors (Lipinski definition) is 3. The first-order chi connectivity index (χ1) is 15.0. The van der Waals surface area contributed by atoms with E-state index in [1.807, 2.05) is 54.3 Å². The summed E-state index contributed by atoms with van der Waals surface area (Å²) in [7, 11) is 1.73. The number of carbonyl (C=O) groups excluding carboxylic acids is 1. The summed E-state index contributed by atoms with van der Waals surface area (Å²) in [5.74, 6) is 1.01. The van der Waals surface area contributed by atoms with Gasteiger partial charge in [0.1, 0.15) is 5.82 Å². The highest BCUT2D eigenvalue weighted by atomic mass is 16.2. The van der Waals surface area contributed by atoms with Gasteiger partial charge < -0.3 is 4.90 Å². The van der Waals surface area contributed by atoms with Crippen molar-refractivity contribution in [2.75, 3.05) is 6.54 Å². The molecule has 0 aliphatic rings. The van der Waals surface area contributed by atoms with Crippen molar-refractivity contribution >= 4 is 16.8 Å². The van der Waals surface area contributed by atoms with Gasteiger partial charge in [-0.05, 0) is 54.5 Å². The van der Waals surface area contributed by atoms with Gasteiger partial charge in [-0.3, -0.25) is 14.2 Å². The normalized spacial score (nSPS) is 12.9. The Balaban J connectivity index is 2.02. The maximum atomic E-state index is 13.6. The number of hydrogen-bond donors (Lipinski definition) is 0. The van der Waals surface area contributed by atoms with Crippen LogP contribution in [0.5, 0.6) is 0 Å². The second-order valence-electron chi connectivity index (χ2n) is 10.0. The fourth-order valence-electron chi connectivity index (χ4n) is 3.90. The van der Waals surface area contributed by atoms with E-state index in [1.165, 1.54) is 5.56 Å². The van der Waals surface area contributed by atoms with Crippen LogP contribution < -0.4 is 5.56 Å². The van der Waals surface area contributed by atoms with Crippen LogP contribution in [-0.2, 0) is 12.5 Å². The summed E-state index contributed by atoms with van der Waals surface area (Å²) in [5.41, 5.74) is 2.43. The van der Waals surface area contributed by atoms with Gasteiger partial charge in [0.05, 0.1) is 16.9 Å². The van der Waals surface area contributed by atoms with Gasteiger partial charge in [-0.1, -0.05) is 58.9 Å². The van der Waals surface area contributed by atoms with Gasteiger partial charge in [0.2, 0.25) is 0 Å². The van der Waals surface area contributed by atoms with Crippen LogP contribution in [0.3, 0.4) is 0 Å². The fraction of sp³-hybridized carbons (Fsp3) is 0.444. The molecule has 0 spiro atoms. The Morgan fingerprint density at radius 3 is 2.25 bits per heavy atom. The molecule has 0 saturated heterocycles. The van der Waals surface area contributed by atoms with Crippen molar-refractivity contribution < 1.29 is 4.79 Å². The Morgan fingerprint density at radius 1 is 1.03 bits per heavy atom. The standard InChI is InChI=1S/C27H35N3O2/c1-18(2)16-17-30(25(31)20-12-14-21(15-13-20)27(4,5)6)19(3)24-28-23-11-9-8-10-22(23)26(32)29(24)7/h8-15,18-19H,16-17H2,1-7H3. The van der Waals surface area contributed by atoms with E-state index in [-0.39, 0.29) is 22.9 Å². The van der Waals surface area contributed by atoms with Crippen molar-refractivity contribution in [2.24, 2.45) is 13.0 Å². The van der Waals surface area contributed by atoms with E-state index in [9.17, 15) is 9.59 Å². The minimum absolute atomic E-state index is 0.0273. The van der Waals surface area contributed by atoms with E-state index >= 15 is 0 Å². The number of amides is 1. The Kier molecular flexibility index (Phi) is 6.87. The van der Waals surface area contributed by atoms with Gasteiger partial charge in [0, 0.05) is 19.2 Å². The number of para-hydroxylation sites is 1. The molecule has 3 rings (SSSR count). The minimum Gasteiger partial charge on any atom is -0.329 e. The van der Waals surface area contributed by atoms with Crippen molar-refractivity contribution in [1.82, 2.24) is 14.5 Å². The molecule has 32 heavy (non-hydrogen) atoms. The summed E-state index contributed by atoms with van der Waals surface area (Å²) in [6.45, 7) is 13.3. The average Bonchev–Trinajstić information content (AvgIpc) is 2.75. The predicted molar refractivity (Wildman–Crippen MR) is 131 cm³/mol. The van der Waals surface area contributed by atoms with Gasteiger partial charge in [0.25, 0.3) is 11.5 Å². The van der Waals surface area contributed by atoms with Crippen molar-refractivity contribution in [1.29, 1.82) is 0 Å². The van der Waals surface area contributed by atoms with Crippen LogP contribution in [0.4, 0.5) is 0 Å². The van der Waals surface area contributed by atoms with Crippen LogP contribution in [0, 0.1) is 5.92 Å². The molecular weight excluding hydrogens is 398 g/mol. The number of aromatic nitrogens is 2. The Bertz CT molecular complexity index is 1150. The smallest absolute Gasteiger partial charge is 0.261 e. The fourth-order valence-corrected chi connectivity index (χ4v) is 3.90. The van der Waals surface area contributed by atoms with Gasteiger partial charge in [-0.15, -0.1) is 0 Å². The molecule has 1 heterocycles. The van der Waals surface area contributed by atoms with Crippen LogP contribution in [-0.4, -0.2) is 26.9 Å². The van der Waals surface area contributed by atoms with Crippen LogP contribution in [0.25, 0.3) is 10.9 Å². The molecule has 0 aliphatic carbocycles. The van der Waals surface area contributed by atoms with Crippen LogP contribution in [0.2, 0.25) is 0 Å². The summed E-state index contributed by atoms with van der Waals surface area (Å²) in [4.78, 5) is 33.2. The molecule has 0 saturated carbocycles. The highest BCUT2D eigenvalue weighted by molar-refractivity contribution is 5.94. The lowest BCUT2D eigenvalue weighted by Gasteiger charge is -2.31. The predicted octanol–water partition coefficient (Wildman–Crippen LogP) is 5.48. The average molecular weight is 434 g/mol. The van der Waals surface area contributed by atoms with E-state index in [0.717, 1.165) is 6.42 Å². The first-order valence-corrected chi connectivity index (χ1v) is 11.4. The van der Waals surface area contributed by atoms with Gasteiger partial charge in [0.15, 0.2) is 0 Å². The third-order valence-corrected chi connectivity index (χ3v) is 6.07. The van der Waals surface area contributed by atoms with E-state index in [2.05, 4.69) is 34.6 Å². The van der Waals surface area contributed by atoms with Crippen LogP contribution in [0.1, 0.15) is 75.8 Å². The molecule has 1 unspecified atom stereocenters. The van der Waals surface area contributed by atoms with E-state index in [0.29, 0.717) is 34.8 Å². The second kappa shape index (κ2) is 9.27. The van der Waals surface area contributed by atoms with E-state index in [4.69, 9.17) is 4.98 Å². The maximum Gasteiger partial charge on any atom is 0.261 e. The van der Waals surface area contributed by atoms with Gasteiger partial charge in [-0.25, -0.2) is 4.98 Å². The lowest BCUT2D eigenvalue weighted by Crippen LogP contribution is -2.38. The Labute approximate surface area is 191 Å². The number of carbonyl (C=O) groups is 1. The summed E-state index contributed by atoms with van der Waals surface area (Å²) in [6.07, 6.45) is 0.873. The topological polar surface area (TPSA) is 55.2 Å². The molecule has 5 nitrogen and oxygen atoms in total. The number of nitrogens with zero attached hydrogens (tertiary/aromatic N) is 3. The van der Waals surface area contributed by atoms with Crippen LogP contribution in [0.15, 0.2) is 53.3 Å². The molecule has 5 heteroatoms. The second-order valence-corrected chi connectivity index (χ2v) is 10.0. The number of rotatable bonds is 6. The zero-order chi connectivity index (χ0) is 23.6. The molecule has 0 aliphatic heterocycles. The quantitative estimate of drug-likeness (QED) is 0.517. The lowest BCUT2D eigenvalue weighted by atomic mass is 9.86. The minimum atomic E-state index is -0.342. The summed E-state index contributed by atoms with van der Waals surface area (Å²) >= 11 is 0. The van der Waals surface area contributed by atoms with Crippen molar-refractivity contribution in [3.05, 3.63) is 75.8 Å². The third kappa shape index (κ3) is 4.93. The van der Waals surface area contributed by atoms with E-state index < -0.39 is 0 Å². The van der Waals surface area contributed by atoms with Crippen LogP contribution >= 0.6 is 0 Å². The van der Waals surface area contributed by atoms with Crippen molar-refractivity contribution in [3.63, 3.8) is 0 Å². The number of benzene rings is 2. The molecular formula is C27H35N3O2. The summed E-state index contributed by atoms with van der Waals surface area (Å²) < 4.78 is 1.57. The number of fused-ring (bicyclic) bond motifs is 1. The largest absolute Gasteiger partial charge is 0.329 e. The monoisotopic (exact) mass is 433 g/mol. The molecule has 2 aromatic carbocycles. The molecule has 1 aromatic heterocycles. The first kappa shape index (κ1) is 23.7. The SMILES string of the molecule is CC(C)CCN(C(=O)c1ccc(C(C)(C)C)cc1)C(C)c1nc2ccccc2c(=O)n1C. The molecule has 0 bridgehead atoms. The molecule has 0 N–H and O–H groups in total. The molecule has 1 atom stereocenters. The molecule has 0 fully saturated rings. The zero-order valence-corrected chi connectivity index (χ0v) is 20.3. The Hall–Kier alpha value is -2.95. The molecule has 3 aromatic rings. The first-order valence-electron chi connectivity index (χ1n) is 11.4. The molecule has 170 valence electrons. The van der Waals surface area contributed by atoms with Gasteiger partial charge in [-0.2, -0.15) is 0 Å². The zero-order valence-electron chi connectivity index (χ0n) is 20.3. The van der Waals surface area contributed by atoms with E-state index in [1.54, 1.807) is 17.7 Å². The molecule has 1 amide bonds. The third-order valence-electron chi connectivity index (χ3n) is 6.07.